The van der Waals surface area contributed by atoms with Gasteiger partial charge in [-0.15, -0.1) is 0 Å². The second-order valence-electron chi connectivity index (χ2n) is 6.37. The summed E-state index contributed by atoms with van der Waals surface area (Å²) in [6.07, 6.45) is 0.456. The van der Waals surface area contributed by atoms with E-state index in [2.05, 4.69) is 5.32 Å². The van der Waals surface area contributed by atoms with Crippen LogP contribution in [0.1, 0.15) is 18.9 Å². The summed E-state index contributed by atoms with van der Waals surface area (Å²) in [5.74, 6) is -0.0577. The molecule has 128 valence electrons. The number of hydrogen-bond donors (Lipinski definition) is 1. The van der Waals surface area contributed by atoms with Crippen LogP contribution in [0, 0.1) is 0 Å². The van der Waals surface area contributed by atoms with Gasteiger partial charge in [0.2, 0.25) is 5.91 Å². The molecule has 0 spiro atoms. The van der Waals surface area contributed by atoms with E-state index in [9.17, 15) is 13.2 Å². The largest absolute Gasteiger partial charge is 0.349 e. The molecule has 2 rings (SSSR count). The van der Waals surface area contributed by atoms with Crippen molar-refractivity contribution in [3.8, 4) is 0 Å². The van der Waals surface area contributed by atoms with Crippen molar-refractivity contribution in [2.75, 3.05) is 25.1 Å². The Hall–Kier alpha value is -0.820. The number of sulfone groups is 1. The van der Waals surface area contributed by atoms with E-state index < -0.39 is 15.4 Å². The fourth-order valence-corrected chi connectivity index (χ4v) is 5.15. The van der Waals surface area contributed by atoms with Gasteiger partial charge in [0.25, 0.3) is 0 Å². The lowest BCUT2D eigenvalue weighted by atomic mass is 10.0. The van der Waals surface area contributed by atoms with E-state index >= 15 is 0 Å². The summed E-state index contributed by atoms with van der Waals surface area (Å²) in [6.45, 7) is 2.49. The molecule has 0 saturated carbocycles. The summed E-state index contributed by atoms with van der Waals surface area (Å²) in [5.41, 5.74) is 0.282. The van der Waals surface area contributed by atoms with Crippen LogP contribution in [0.4, 0.5) is 0 Å². The molecule has 1 aliphatic heterocycles. The van der Waals surface area contributed by atoms with Crippen molar-refractivity contribution in [1.29, 1.82) is 0 Å². The first-order chi connectivity index (χ1) is 10.6. The lowest BCUT2D eigenvalue weighted by molar-refractivity contribution is -0.123. The molecule has 1 fully saturated rings. The third-order valence-electron chi connectivity index (χ3n) is 3.79. The van der Waals surface area contributed by atoms with Crippen LogP contribution in [0.15, 0.2) is 18.2 Å². The molecule has 1 aromatic rings. The molecule has 1 saturated heterocycles. The van der Waals surface area contributed by atoms with E-state index in [-0.39, 0.29) is 24.0 Å². The zero-order chi connectivity index (χ0) is 17.3. The van der Waals surface area contributed by atoms with Crippen LogP contribution in [-0.2, 0) is 21.2 Å². The maximum atomic E-state index is 12.1. The Morgan fingerprint density at radius 3 is 2.61 bits per heavy atom. The summed E-state index contributed by atoms with van der Waals surface area (Å²) in [7, 11) is -1.23. The van der Waals surface area contributed by atoms with Crippen molar-refractivity contribution in [2.45, 2.75) is 25.4 Å². The Kier molecular flexibility index (Phi) is 5.61. The molecule has 8 heteroatoms. The van der Waals surface area contributed by atoms with Gasteiger partial charge in [-0.2, -0.15) is 0 Å². The molecule has 0 aliphatic carbocycles. The van der Waals surface area contributed by atoms with Crippen LogP contribution in [0.25, 0.3) is 0 Å². The van der Waals surface area contributed by atoms with E-state index in [4.69, 9.17) is 23.2 Å². The summed E-state index contributed by atoms with van der Waals surface area (Å²) in [5, 5.41) is 3.81. The van der Waals surface area contributed by atoms with Gasteiger partial charge in [0.05, 0.1) is 33.6 Å². The molecule has 1 atom stereocenters. The van der Waals surface area contributed by atoms with E-state index in [0.717, 1.165) is 5.56 Å². The quantitative estimate of drug-likeness (QED) is 0.851. The fourth-order valence-electron chi connectivity index (χ4n) is 2.74. The molecule has 0 bridgehead atoms. The third kappa shape index (κ3) is 5.35. The highest BCUT2D eigenvalue weighted by Crippen LogP contribution is 2.24. The Morgan fingerprint density at radius 2 is 2.04 bits per heavy atom. The van der Waals surface area contributed by atoms with Gasteiger partial charge in [0.15, 0.2) is 9.84 Å². The number of nitrogens with one attached hydrogen (secondary N) is 1. The molecule has 1 amide bonds. The highest BCUT2D eigenvalue weighted by molar-refractivity contribution is 7.91. The standard InChI is InChI=1S/C15H20Cl2N2O3S/c1-15(5-6-23(21,22)10-15)18-14(20)9-19(2)8-11-3-4-12(16)13(17)7-11/h3-4,7H,5-6,8-10H2,1-2H3,(H,18,20)/t15-/m1/s1. The van der Waals surface area contributed by atoms with Crippen molar-refractivity contribution >= 4 is 38.9 Å². The second-order valence-corrected chi connectivity index (χ2v) is 9.37. The first kappa shape index (κ1) is 18.5. The molecule has 0 aromatic heterocycles. The molecule has 0 radical (unpaired) electrons. The van der Waals surface area contributed by atoms with Gasteiger partial charge in [0.1, 0.15) is 0 Å². The average Bonchev–Trinajstić information content (AvgIpc) is 2.67. The molecular weight excluding hydrogens is 359 g/mol. The van der Waals surface area contributed by atoms with E-state index in [1.165, 1.54) is 0 Å². The molecule has 5 nitrogen and oxygen atoms in total. The van der Waals surface area contributed by atoms with Gasteiger partial charge in [-0.3, -0.25) is 9.69 Å². The number of likely N-dealkylation sites (N-methyl/N-ethyl adjacent to an activating group) is 1. The number of halogens is 2. The summed E-state index contributed by atoms with van der Waals surface area (Å²) < 4.78 is 23.1. The number of carbonyl (C=O) groups excluding carboxylic acids is 1. The third-order valence-corrected chi connectivity index (χ3v) is 6.44. The summed E-state index contributed by atoms with van der Waals surface area (Å²) >= 11 is 11.9. The summed E-state index contributed by atoms with van der Waals surface area (Å²) in [4.78, 5) is 14.0. The molecular formula is C15H20Cl2N2O3S. The SMILES string of the molecule is CN(CC(=O)N[C@]1(C)CCS(=O)(=O)C1)Cc1ccc(Cl)c(Cl)c1. The smallest absolute Gasteiger partial charge is 0.234 e. The van der Waals surface area contributed by atoms with Crippen LogP contribution in [-0.4, -0.2) is 49.9 Å². The van der Waals surface area contributed by atoms with Crippen molar-refractivity contribution < 1.29 is 13.2 Å². The fraction of sp³-hybridized carbons (Fsp3) is 0.533. The minimum Gasteiger partial charge on any atom is -0.349 e. The molecule has 1 aliphatic rings. The predicted molar refractivity (Wildman–Crippen MR) is 92.6 cm³/mol. The molecule has 1 N–H and O–H groups in total. The van der Waals surface area contributed by atoms with Gasteiger partial charge in [-0.25, -0.2) is 8.42 Å². The lowest BCUT2D eigenvalue weighted by Crippen LogP contribution is -2.49. The van der Waals surface area contributed by atoms with Gasteiger partial charge in [-0.05, 0) is 38.1 Å². The molecule has 1 heterocycles. The Balaban J connectivity index is 1.88. The number of rotatable bonds is 5. The maximum Gasteiger partial charge on any atom is 0.234 e. The average molecular weight is 379 g/mol. The monoisotopic (exact) mass is 378 g/mol. The minimum atomic E-state index is -3.04. The number of amides is 1. The van der Waals surface area contributed by atoms with Gasteiger partial charge >= 0.3 is 0 Å². The topological polar surface area (TPSA) is 66.5 Å². The first-order valence-electron chi connectivity index (χ1n) is 7.22. The Morgan fingerprint density at radius 1 is 1.35 bits per heavy atom. The zero-order valence-electron chi connectivity index (χ0n) is 13.1. The van der Waals surface area contributed by atoms with Crippen LogP contribution in [0.5, 0.6) is 0 Å². The Bertz CT molecular complexity index is 709. The highest BCUT2D eigenvalue weighted by atomic mass is 35.5. The molecule has 1 aromatic carbocycles. The molecule has 0 unspecified atom stereocenters. The van der Waals surface area contributed by atoms with Crippen LogP contribution in [0.3, 0.4) is 0 Å². The predicted octanol–water partition coefficient (Wildman–Crippen LogP) is 2.12. The number of benzene rings is 1. The number of hydrogen-bond acceptors (Lipinski definition) is 4. The molecule has 23 heavy (non-hydrogen) atoms. The van der Waals surface area contributed by atoms with Crippen LogP contribution < -0.4 is 5.32 Å². The van der Waals surface area contributed by atoms with Crippen molar-refractivity contribution in [1.82, 2.24) is 10.2 Å². The maximum absolute atomic E-state index is 12.1. The van der Waals surface area contributed by atoms with E-state index in [1.807, 2.05) is 18.0 Å². The van der Waals surface area contributed by atoms with Crippen molar-refractivity contribution in [3.63, 3.8) is 0 Å². The van der Waals surface area contributed by atoms with Crippen molar-refractivity contribution in [3.05, 3.63) is 33.8 Å². The zero-order valence-corrected chi connectivity index (χ0v) is 15.4. The number of carbonyl (C=O) groups is 1. The van der Waals surface area contributed by atoms with Crippen molar-refractivity contribution in [2.24, 2.45) is 0 Å². The van der Waals surface area contributed by atoms with E-state index in [0.29, 0.717) is 23.0 Å². The lowest BCUT2D eigenvalue weighted by Gasteiger charge is -2.25. The van der Waals surface area contributed by atoms with Crippen LogP contribution >= 0.6 is 23.2 Å². The highest BCUT2D eigenvalue weighted by Gasteiger charge is 2.39. The Labute approximate surface area is 146 Å². The normalized spacial score (nSPS) is 23.2. The number of nitrogens with zero attached hydrogens (tertiary/aromatic N) is 1. The summed E-state index contributed by atoms with van der Waals surface area (Å²) in [6, 6.07) is 5.34. The van der Waals surface area contributed by atoms with Gasteiger partial charge in [0, 0.05) is 6.54 Å². The first-order valence-corrected chi connectivity index (χ1v) is 9.80. The van der Waals surface area contributed by atoms with Gasteiger partial charge < -0.3 is 5.32 Å². The van der Waals surface area contributed by atoms with E-state index in [1.54, 1.807) is 19.1 Å². The van der Waals surface area contributed by atoms with Crippen LogP contribution in [0.2, 0.25) is 10.0 Å². The minimum absolute atomic E-state index is 0.00223. The van der Waals surface area contributed by atoms with Gasteiger partial charge in [-0.1, -0.05) is 29.3 Å². The second kappa shape index (κ2) is 6.97.